The van der Waals surface area contributed by atoms with Gasteiger partial charge < -0.3 is 9.32 Å². The van der Waals surface area contributed by atoms with Crippen molar-refractivity contribution in [3.8, 4) is 0 Å². The molecule has 2 aromatic rings. The zero-order valence-corrected chi connectivity index (χ0v) is 12.8. The Morgan fingerprint density at radius 2 is 2.14 bits per heavy atom. The van der Waals surface area contributed by atoms with Crippen molar-refractivity contribution in [1.82, 2.24) is 9.80 Å². The molecule has 4 nitrogen and oxygen atoms in total. The molecule has 0 aliphatic carbocycles. The van der Waals surface area contributed by atoms with E-state index in [9.17, 15) is 4.79 Å². The van der Waals surface area contributed by atoms with Crippen LogP contribution in [0, 0.1) is 0 Å². The minimum absolute atomic E-state index is 0.247. The van der Waals surface area contributed by atoms with E-state index in [4.69, 9.17) is 4.42 Å². The van der Waals surface area contributed by atoms with Crippen molar-refractivity contribution >= 4 is 17.2 Å². The predicted molar refractivity (Wildman–Crippen MR) is 83.2 cm³/mol. The monoisotopic (exact) mass is 304 g/mol. The highest BCUT2D eigenvalue weighted by Gasteiger charge is 2.20. The highest BCUT2D eigenvalue weighted by molar-refractivity contribution is 7.10. The molecular formula is C16H20N2O2S. The van der Waals surface area contributed by atoms with Crippen molar-refractivity contribution in [2.24, 2.45) is 0 Å². The van der Waals surface area contributed by atoms with Gasteiger partial charge in [-0.25, -0.2) is 0 Å². The number of carbonyl (C=O) groups excluding carboxylic acids is 1. The first-order valence-electron chi connectivity index (χ1n) is 7.36. The molecule has 21 heavy (non-hydrogen) atoms. The molecule has 1 saturated heterocycles. The Bertz CT molecular complexity index is 551. The lowest BCUT2D eigenvalue weighted by Gasteiger charge is -2.21. The molecule has 1 aliphatic rings. The van der Waals surface area contributed by atoms with Crippen molar-refractivity contribution in [1.29, 1.82) is 0 Å². The quantitative estimate of drug-likeness (QED) is 0.871. The van der Waals surface area contributed by atoms with Gasteiger partial charge in [-0.3, -0.25) is 9.69 Å². The summed E-state index contributed by atoms with van der Waals surface area (Å²) in [4.78, 5) is 17.8. The molecule has 0 spiro atoms. The number of thiophene rings is 1. The summed E-state index contributed by atoms with van der Waals surface area (Å²) in [5.74, 6) is 1.24. The van der Waals surface area contributed by atoms with Crippen molar-refractivity contribution in [2.45, 2.75) is 19.4 Å². The molecule has 0 N–H and O–H groups in total. The Balaban J connectivity index is 1.51. The standard InChI is InChI=1S/C16H20N2O2S/c19-16(12-15-5-2-11-21-15)18-7-3-6-17(8-9-18)13-14-4-1-10-20-14/h1-2,4-5,10-11H,3,6-9,12-13H2. The van der Waals surface area contributed by atoms with Crippen LogP contribution >= 0.6 is 11.3 Å². The molecule has 5 heteroatoms. The maximum absolute atomic E-state index is 12.3. The smallest absolute Gasteiger partial charge is 0.227 e. The van der Waals surface area contributed by atoms with Crippen molar-refractivity contribution in [3.63, 3.8) is 0 Å². The molecule has 0 atom stereocenters. The molecular weight excluding hydrogens is 284 g/mol. The van der Waals surface area contributed by atoms with Crippen LogP contribution in [0.2, 0.25) is 0 Å². The largest absolute Gasteiger partial charge is 0.468 e. The Kier molecular flexibility index (Phi) is 4.72. The van der Waals surface area contributed by atoms with E-state index in [1.807, 2.05) is 34.5 Å². The van der Waals surface area contributed by atoms with Crippen LogP contribution in [0.25, 0.3) is 0 Å². The summed E-state index contributed by atoms with van der Waals surface area (Å²) in [7, 11) is 0. The molecule has 1 aliphatic heterocycles. The molecule has 3 heterocycles. The topological polar surface area (TPSA) is 36.7 Å². The first kappa shape index (κ1) is 14.4. The van der Waals surface area contributed by atoms with E-state index in [-0.39, 0.29) is 5.91 Å². The second-order valence-corrected chi connectivity index (χ2v) is 6.38. The van der Waals surface area contributed by atoms with E-state index in [1.54, 1.807) is 17.6 Å². The Morgan fingerprint density at radius 1 is 1.19 bits per heavy atom. The lowest BCUT2D eigenvalue weighted by Crippen LogP contribution is -2.35. The van der Waals surface area contributed by atoms with E-state index < -0.39 is 0 Å². The van der Waals surface area contributed by atoms with Gasteiger partial charge in [-0.2, -0.15) is 0 Å². The average Bonchev–Trinajstić information content (AvgIpc) is 3.11. The lowest BCUT2D eigenvalue weighted by molar-refractivity contribution is -0.130. The van der Waals surface area contributed by atoms with E-state index in [1.165, 1.54) is 0 Å². The van der Waals surface area contributed by atoms with Crippen LogP contribution in [-0.4, -0.2) is 41.9 Å². The fourth-order valence-corrected chi connectivity index (χ4v) is 3.37. The lowest BCUT2D eigenvalue weighted by atomic mass is 10.3. The molecule has 0 unspecified atom stereocenters. The maximum Gasteiger partial charge on any atom is 0.227 e. The van der Waals surface area contributed by atoms with Crippen LogP contribution in [0.1, 0.15) is 17.1 Å². The average molecular weight is 304 g/mol. The summed E-state index contributed by atoms with van der Waals surface area (Å²) >= 11 is 1.65. The number of nitrogens with zero attached hydrogens (tertiary/aromatic N) is 2. The van der Waals surface area contributed by atoms with Crippen molar-refractivity contribution in [3.05, 3.63) is 46.5 Å². The minimum Gasteiger partial charge on any atom is -0.468 e. The SMILES string of the molecule is O=C(Cc1cccs1)N1CCCN(Cc2ccco2)CC1. The van der Waals surface area contributed by atoms with Crippen LogP contribution in [0.15, 0.2) is 40.3 Å². The second kappa shape index (κ2) is 6.91. The third kappa shape index (κ3) is 3.95. The van der Waals surface area contributed by atoms with Gasteiger partial charge in [0.2, 0.25) is 5.91 Å². The number of furan rings is 1. The van der Waals surface area contributed by atoms with Gasteiger partial charge in [0.05, 0.1) is 19.2 Å². The van der Waals surface area contributed by atoms with E-state index in [0.717, 1.165) is 49.8 Å². The van der Waals surface area contributed by atoms with E-state index >= 15 is 0 Å². The van der Waals surface area contributed by atoms with Crippen LogP contribution in [0.4, 0.5) is 0 Å². The highest BCUT2D eigenvalue weighted by atomic mass is 32.1. The summed E-state index contributed by atoms with van der Waals surface area (Å²) in [5, 5.41) is 2.02. The van der Waals surface area contributed by atoms with Gasteiger partial charge in [0.15, 0.2) is 0 Å². The Labute approximate surface area is 129 Å². The van der Waals surface area contributed by atoms with Gasteiger partial charge >= 0.3 is 0 Å². The Morgan fingerprint density at radius 3 is 2.90 bits per heavy atom. The van der Waals surface area contributed by atoms with E-state index in [0.29, 0.717) is 6.42 Å². The molecule has 0 bridgehead atoms. The van der Waals surface area contributed by atoms with Gasteiger partial charge in [-0.1, -0.05) is 6.07 Å². The normalized spacial score (nSPS) is 16.9. The summed E-state index contributed by atoms with van der Waals surface area (Å²) in [6.07, 6.45) is 3.27. The fourth-order valence-electron chi connectivity index (χ4n) is 2.68. The summed E-state index contributed by atoms with van der Waals surface area (Å²) in [5.41, 5.74) is 0. The van der Waals surface area contributed by atoms with Gasteiger partial charge in [0, 0.05) is 31.1 Å². The van der Waals surface area contributed by atoms with Gasteiger partial charge in [-0.15, -0.1) is 11.3 Å². The fraction of sp³-hybridized carbons (Fsp3) is 0.438. The van der Waals surface area contributed by atoms with Gasteiger partial charge in [-0.05, 0) is 30.0 Å². The van der Waals surface area contributed by atoms with E-state index in [2.05, 4.69) is 4.90 Å². The molecule has 0 aromatic carbocycles. The summed E-state index contributed by atoms with van der Waals surface area (Å²) in [6.45, 7) is 4.43. The first-order chi connectivity index (χ1) is 10.3. The van der Waals surface area contributed by atoms with Crippen LogP contribution < -0.4 is 0 Å². The Hall–Kier alpha value is -1.59. The molecule has 3 rings (SSSR count). The number of carbonyl (C=O) groups is 1. The number of rotatable bonds is 4. The molecule has 1 amide bonds. The predicted octanol–water partition coefficient (Wildman–Crippen LogP) is 2.62. The minimum atomic E-state index is 0.247. The van der Waals surface area contributed by atoms with Gasteiger partial charge in [0.1, 0.15) is 5.76 Å². The second-order valence-electron chi connectivity index (χ2n) is 5.35. The summed E-state index contributed by atoms with van der Waals surface area (Å²) in [6, 6.07) is 7.96. The molecule has 0 radical (unpaired) electrons. The third-order valence-corrected chi connectivity index (χ3v) is 4.68. The number of hydrogen-bond donors (Lipinski definition) is 0. The zero-order chi connectivity index (χ0) is 14.5. The molecule has 0 saturated carbocycles. The third-order valence-electron chi connectivity index (χ3n) is 3.81. The zero-order valence-electron chi connectivity index (χ0n) is 12.0. The first-order valence-corrected chi connectivity index (χ1v) is 8.24. The van der Waals surface area contributed by atoms with Crippen LogP contribution in [-0.2, 0) is 17.8 Å². The van der Waals surface area contributed by atoms with Crippen molar-refractivity contribution in [2.75, 3.05) is 26.2 Å². The number of hydrogen-bond acceptors (Lipinski definition) is 4. The summed E-state index contributed by atoms with van der Waals surface area (Å²) < 4.78 is 5.40. The molecule has 2 aromatic heterocycles. The van der Waals surface area contributed by atoms with Crippen LogP contribution in [0.3, 0.4) is 0 Å². The highest BCUT2D eigenvalue weighted by Crippen LogP contribution is 2.13. The molecule has 1 fully saturated rings. The number of amides is 1. The molecule has 112 valence electrons. The van der Waals surface area contributed by atoms with Crippen molar-refractivity contribution < 1.29 is 9.21 Å². The van der Waals surface area contributed by atoms with Crippen LogP contribution in [0.5, 0.6) is 0 Å². The maximum atomic E-state index is 12.3. The van der Waals surface area contributed by atoms with Gasteiger partial charge in [0.25, 0.3) is 0 Å².